The summed E-state index contributed by atoms with van der Waals surface area (Å²) in [6, 6.07) is 67.3. The van der Waals surface area contributed by atoms with Gasteiger partial charge in [-0.2, -0.15) is 9.97 Å². The van der Waals surface area contributed by atoms with Crippen LogP contribution in [0.3, 0.4) is 0 Å². The molecule has 0 aliphatic heterocycles. The van der Waals surface area contributed by atoms with E-state index in [1.807, 2.05) is 18.2 Å². The van der Waals surface area contributed by atoms with E-state index >= 15 is 0 Å². The first kappa shape index (κ1) is 40.4. The maximum absolute atomic E-state index is 5.47. The normalized spacial score (nSPS) is 11.4. The number of aryl methyl sites for hydroxylation is 6. The van der Waals surface area contributed by atoms with Gasteiger partial charge in [-0.15, -0.1) is 0 Å². The fourth-order valence-electron chi connectivity index (χ4n) is 9.93. The number of aromatic nitrogens is 3. The van der Waals surface area contributed by atoms with Crippen LogP contribution in [-0.4, -0.2) is 15.0 Å². The molecule has 0 aliphatic rings. The molecule has 0 radical (unpaired) electrons. The molecule has 0 saturated carbocycles. The Morgan fingerprint density at radius 1 is 0.391 bits per heavy atom. The third-order valence-electron chi connectivity index (χ3n) is 12.6. The molecule has 0 amide bonds. The molecule has 4 nitrogen and oxygen atoms in total. The Morgan fingerprint density at radius 2 is 0.891 bits per heavy atom. The van der Waals surface area contributed by atoms with Crippen molar-refractivity contribution in [2.24, 2.45) is 0 Å². The molecule has 0 unspecified atom stereocenters. The van der Waals surface area contributed by atoms with E-state index in [2.05, 4.69) is 216 Å². The van der Waals surface area contributed by atoms with Gasteiger partial charge in [-0.3, -0.25) is 4.90 Å². The summed E-state index contributed by atoms with van der Waals surface area (Å²) in [5, 5.41) is 4.50. The number of hydrogen-bond donors (Lipinski definition) is 0. The van der Waals surface area contributed by atoms with Gasteiger partial charge >= 0.3 is 0 Å². The van der Waals surface area contributed by atoms with Crippen LogP contribution in [0.2, 0.25) is 0 Å². The van der Waals surface area contributed by atoms with E-state index in [9.17, 15) is 0 Å². The second-order valence-corrected chi connectivity index (χ2v) is 17.2. The Balaban J connectivity index is 1.25. The molecule has 0 saturated heterocycles. The summed E-state index contributed by atoms with van der Waals surface area (Å²) < 4.78 is 0. The van der Waals surface area contributed by atoms with Crippen molar-refractivity contribution in [1.82, 2.24) is 15.0 Å². The Morgan fingerprint density at radius 3 is 1.50 bits per heavy atom. The molecule has 64 heavy (non-hydrogen) atoms. The Bertz CT molecular complexity index is 3230. The second-order valence-electron chi connectivity index (χ2n) is 17.2. The van der Waals surface area contributed by atoms with E-state index in [1.54, 1.807) is 0 Å². The van der Waals surface area contributed by atoms with Crippen molar-refractivity contribution in [2.45, 2.75) is 47.5 Å². The predicted octanol–water partition coefficient (Wildman–Crippen LogP) is 15.7. The summed E-state index contributed by atoms with van der Waals surface area (Å²) in [7, 11) is 0. The van der Waals surface area contributed by atoms with E-state index in [0.29, 0.717) is 17.6 Å². The molecule has 0 N–H and O–H groups in total. The number of fused-ring (bicyclic) bond motifs is 2. The van der Waals surface area contributed by atoms with Gasteiger partial charge in [0.1, 0.15) is 0 Å². The van der Waals surface area contributed by atoms with Crippen LogP contribution in [0.15, 0.2) is 188 Å². The Labute approximate surface area is 376 Å². The minimum absolute atomic E-state index is 0.0315. The average Bonchev–Trinajstić information content (AvgIpc) is 3.31. The Hall–Kier alpha value is -7.69. The summed E-state index contributed by atoms with van der Waals surface area (Å²) in [6.45, 7) is 13.4. The van der Waals surface area contributed by atoms with Gasteiger partial charge < -0.3 is 0 Å². The van der Waals surface area contributed by atoms with Crippen LogP contribution in [0.4, 0.5) is 17.3 Å². The molecule has 310 valence electrons. The van der Waals surface area contributed by atoms with Gasteiger partial charge in [0.15, 0.2) is 11.6 Å². The predicted molar refractivity (Wildman–Crippen MR) is 268 cm³/mol. The lowest BCUT2D eigenvalue weighted by molar-refractivity contribution is 0.919. The molecule has 4 heteroatoms. The van der Waals surface area contributed by atoms with Crippen molar-refractivity contribution < 1.29 is 0 Å². The van der Waals surface area contributed by atoms with Gasteiger partial charge in [-0.25, -0.2) is 4.98 Å². The lowest BCUT2D eigenvalue weighted by Gasteiger charge is -2.29. The van der Waals surface area contributed by atoms with Crippen molar-refractivity contribution in [3.05, 3.63) is 238 Å². The smallest absolute Gasteiger partial charge is 0.238 e. The topological polar surface area (TPSA) is 41.9 Å². The second kappa shape index (κ2) is 16.9. The number of benzene rings is 9. The van der Waals surface area contributed by atoms with Gasteiger partial charge in [-0.1, -0.05) is 175 Å². The highest BCUT2D eigenvalue weighted by Crippen LogP contribution is 2.45. The molecule has 0 bridgehead atoms. The highest BCUT2D eigenvalue weighted by atomic mass is 15.3. The van der Waals surface area contributed by atoms with Gasteiger partial charge in [0.2, 0.25) is 5.95 Å². The van der Waals surface area contributed by atoms with Crippen LogP contribution in [0.25, 0.3) is 55.4 Å². The molecule has 0 spiro atoms. The zero-order valence-corrected chi connectivity index (χ0v) is 37.3. The third-order valence-corrected chi connectivity index (χ3v) is 12.6. The van der Waals surface area contributed by atoms with E-state index in [1.165, 1.54) is 50.1 Å². The largest absolute Gasteiger partial charge is 0.278 e. The van der Waals surface area contributed by atoms with Crippen LogP contribution in [0.1, 0.15) is 56.0 Å². The molecule has 0 fully saturated rings. The number of nitrogens with zero attached hydrogens (tertiary/aromatic N) is 4. The van der Waals surface area contributed by atoms with E-state index < -0.39 is 0 Å². The summed E-state index contributed by atoms with van der Waals surface area (Å²) in [5.41, 5.74) is 17.7. The van der Waals surface area contributed by atoms with Gasteiger partial charge in [-0.05, 0) is 132 Å². The summed E-state index contributed by atoms with van der Waals surface area (Å²) in [6.07, 6.45) is 0. The standard InChI is InChI=1S/C60H50N4/c1-38-32-40(3)55(41(4)33-38)57(56-42(5)34-39(2)35-43(56)6)46-28-30-50(31-29-46)64(54-37-49-24-14-13-23-48(49)36-53(54)45-18-9-7-10-19-45)60-62-58(47-21-11-8-12-22-47)61-59(63-60)52-27-17-25-44-20-15-16-26-51(44)52/h7-37,57H,1-6H3. The lowest BCUT2D eigenvalue weighted by atomic mass is 9.77. The highest BCUT2D eigenvalue weighted by molar-refractivity contribution is 5.99. The number of hydrogen-bond acceptors (Lipinski definition) is 4. The van der Waals surface area contributed by atoms with Crippen molar-refractivity contribution in [3.8, 4) is 33.9 Å². The monoisotopic (exact) mass is 826 g/mol. The van der Waals surface area contributed by atoms with Crippen LogP contribution in [0.5, 0.6) is 0 Å². The fraction of sp³-hybridized carbons (Fsp3) is 0.117. The third kappa shape index (κ3) is 7.62. The SMILES string of the molecule is Cc1cc(C)c(C(c2ccc(N(c3nc(-c4ccccc4)nc(-c4cccc5ccccc45)n3)c3cc4ccccc4cc3-c3ccccc3)cc2)c2c(C)cc(C)cc2C)c(C)c1. The van der Waals surface area contributed by atoms with Crippen molar-refractivity contribution >= 4 is 38.9 Å². The highest BCUT2D eigenvalue weighted by Gasteiger charge is 2.27. The quantitative estimate of drug-likeness (QED) is 0.136. The van der Waals surface area contributed by atoms with Crippen molar-refractivity contribution in [3.63, 3.8) is 0 Å². The van der Waals surface area contributed by atoms with E-state index in [-0.39, 0.29) is 5.92 Å². The molecule has 10 aromatic rings. The van der Waals surface area contributed by atoms with Crippen LogP contribution in [-0.2, 0) is 0 Å². The maximum atomic E-state index is 5.47. The lowest BCUT2D eigenvalue weighted by Crippen LogP contribution is -2.17. The molecular weight excluding hydrogens is 777 g/mol. The zero-order valence-electron chi connectivity index (χ0n) is 37.3. The first-order chi connectivity index (χ1) is 31.2. The first-order valence-corrected chi connectivity index (χ1v) is 22.1. The molecule has 1 heterocycles. The van der Waals surface area contributed by atoms with Crippen LogP contribution in [0, 0.1) is 41.5 Å². The molecule has 0 atom stereocenters. The molecule has 0 aliphatic carbocycles. The fourth-order valence-corrected chi connectivity index (χ4v) is 9.93. The maximum Gasteiger partial charge on any atom is 0.238 e. The van der Waals surface area contributed by atoms with Crippen LogP contribution >= 0.6 is 0 Å². The van der Waals surface area contributed by atoms with Gasteiger partial charge in [0, 0.05) is 28.3 Å². The first-order valence-electron chi connectivity index (χ1n) is 22.1. The number of anilines is 3. The zero-order chi connectivity index (χ0) is 43.9. The van der Waals surface area contributed by atoms with E-state index in [0.717, 1.165) is 55.2 Å². The molecule has 10 rings (SSSR count). The summed E-state index contributed by atoms with van der Waals surface area (Å²) in [5.74, 6) is 1.78. The van der Waals surface area contributed by atoms with Gasteiger partial charge in [0.05, 0.1) is 5.69 Å². The summed E-state index contributed by atoms with van der Waals surface area (Å²) in [4.78, 5) is 18.3. The minimum Gasteiger partial charge on any atom is -0.278 e. The van der Waals surface area contributed by atoms with Gasteiger partial charge in [0.25, 0.3) is 0 Å². The Kier molecular flexibility index (Phi) is 10.7. The minimum atomic E-state index is 0.0315. The molecular formula is C60H50N4. The summed E-state index contributed by atoms with van der Waals surface area (Å²) >= 11 is 0. The molecule has 1 aromatic heterocycles. The average molecular weight is 827 g/mol. The van der Waals surface area contributed by atoms with Crippen molar-refractivity contribution in [1.29, 1.82) is 0 Å². The van der Waals surface area contributed by atoms with Crippen molar-refractivity contribution in [2.75, 3.05) is 4.90 Å². The van der Waals surface area contributed by atoms with E-state index in [4.69, 9.17) is 15.0 Å². The van der Waals surface area contributed by atoms with Crippen LogP contribution < -0.4 is 4.90 Å². The molecule has 9 aromatic carbocycles. The number of rotatable bonds is 9.